The highest BCUT2D eigenvalue weighted by atomic mass is 16.7. The van der Waals surface area contributed by atoms with E-state index in [1.807, 2.05) is 30.3 Å². The molecule has 45 heavy (non-hydrogen) atoms. The predicted octanol–water partition coefficient (Wildman–Crippen LogP) is 7.48. The normalized spacial score (nSPS) is 21.8. The summed E-state index contributed by atoms with van der Waals surface area (Å²) in [4.78, 5) is 14.4. The first kappa shape index (κ1) is 32.6. The van der Waals surface area contributed by atoms with Crippen molar-refractivity contribution in [2.45, 2.75) is 70.3 Å². The van der Waals surface area contributed by atoms with Crippen LogP contribution in [0.2, 0.25) is 0 Å². The van der Waals surface area contributed by atoms with E-state index in [4.69, 9.17) is 14.2 Å². The van der Waals surface area contributed by atoms with Crippen LogP contribution >= 0.6 is 0 Å². The highest BCUT2D eigenvalue weighted by Crippen LogP contribution is 2.42. The van der Waals surface area contributed by atoms with Gasteiger partial charge in [0.2, 0.25) is 0 Å². The molecule has 5 rings (SSSR count). The van der Waals surface area contributed by atoms with Gasteiger partial charge in [0.1, 0.15) is 6.61 Å². The number of benzene rings is 3. The van der Waals surface area contributed by atoms with Crippen molar-refractivity contribution >= 4 is 6.09 Å². The highest BCUT2D eigenvalue weighted by Gasteiger charge is 2.40. The Kier molecular flexibility index (Phi) is 11.6. The number of aliphatic hydroxyl groups excluding tert-OH is 1. The number of aliphatic hydroxyl groups is 1. The van der Waals surface area contributed by atoms with Crippen LogP contribution in [0.1, 0.15) is 67.3 Å². The second-order valence-electron chi connectivity index (χ2n) is 12.1. The second-order valence-corrected chi connectivity index (χ2v) is 12.1. The number of ether oxygens (including phenoxy) is 3. The fourth-order valence-electron chi connectivity index (χ4n) is 6.42. The molecule has 3 aromatic carbocycles. The van der Waals surface area contributed by atoms with Crippen molar-refractivity contribution in [3.8, 4) is 11.1 Å². The number of nitrogens with one attached hydrogen (secondary N) is 1. The van der Waals surface area contributed by atoms with Gasteiger partial charge in [-0.05, 0) is 46.7 Å². The first-order valence-corrected chi connectivity index (χ1v) is 16.1. The van der Waals surface area contributed by atoms with E-state index in [0.29, 0.717) is 12.6 Å². The lowest BCUT2D eigenvalue weighted by atomic mass is 9.89. The Morgan fingerprint density at radius 1 is 0.956 bits per heavy atom. The highest BCUT2D eigenvalue weighted by molar-refractivity contribution is 5.68. The topological polar surface area (TPSA) is 80.3 Å². The summed E-state index contributed by atoms with van der Waals surface area (Å²) in [7, 11) is 0. The van der Waals surface area contributed by atoms with E-state index in [1.165, 1.54) is 31.8 Å². The summed E-state index contributed by atoms with van der Waals surface area (Å²) in [6.07, 6.45) is 7.36. The fourth-order valence-corrected chi connectivity index (χ4v) is 6.42. The maximum absolute atomic E-state index is 11.8. The zero-order chi connectivity index (χ0) is 31.6. The minimum absolute atomic E-state index is 0.0155. The number of carbonyl (C=O) groups excluding carboxylic acids is 1. The summed E-state index contributed by atoms with van der Waals surface area (Å²) >= 11 is 0. The summed E-state index contributed by atoms with van der Waals surface area (Å²) in [6, 6.07) is 25.1. The summed E-state index contributed by atoms with van der Waals surface area (Å²) in [5.41, 5.74) is 6.02. The van der Waals surface area contributed by atoms with Crippen molar-refractivity contribution < 1.29 is 24.1 Å². The van der Waals surface area contributed by atoms with E-state index in [1.54, 1.807) is 0 Å². The van der Waals surface area contributed by atoms with Gasteiger partial charge in [0.25, 0.3) is 0 Å². The quantitative estimate of drug-likeness (QED) is 0.195. The molecule has 2 N–H and O–H groups in total. The smallest absolute Gasteiger partial charge is 0.407 e. The molecule has 1 aliphatic heterocycles. The third-order valence-electron chi connectivity index (χ3n) is 8.95. The Bertz CT molecular complexity index is 1400. The van der Waals surface area contributed by atoms with Crippen LogP contribution in [0, 0.1) is 5.92 Å². The molecule has 0 spiro atoms. The Balaban J connectivity index is 1.34. The molecule has 2 fully saturated rings. The summed E-state index contributed by atoms with van der Waals surface area (Å²) < 4.78 is 18.5. The van der Waals surface area contributed by atoms with Crippen molar-refractivity contribution in [1.82, 2.24) is 10.2 Å². The molecule has 1 saturated carbocycles. The van der Waals surface area contributed by atoms with Gasteiger partial charge >= 0.3 is 6.09 Å². The van der Waals surface area contributed by atoms with E-state index >= 15 is 0 Å². The van der Waals surface area contributed by atoms with Gasteiger partial charge in [-0.25, -0.2) is 4.79 Å². The van der Waals surface area contributed by atoms with Crippen LogP contribution in [0.5, 0.6) is 0 Å². The average molecular weight is 611 g/mol. The second kappa shape index (κ2) is 16.0. The van der Waals surface area contributed by atoms with Crippen LogP contribution in [0.3, 0.4) is 0 Å². The molecule has 1 amide bonds. The molecule has 0 unspecified atom stereocenters. The number of hydrogen-bond acceptors (Lipinski definition) is 6. The Morgan fingerprint density at radius 2 is 1.69 bits per heavy atom. The molecule has 7 nitrogen and oxygen atoms in total. The van der Waals surface area contributed by atoms with Crippen LogP contribution in [0.15, 0.2) is 98.1 Å². The first-order chi connectivity index (χ1) is 22.0. The lowest BCUT2D eigenvalue weighted by Crippen LogP contribution is -2.47. The third-order valence-corrected chi connectivity index (χ3v) is 8.95. The van der Waals surface area contributed by atoms with Crippen LogP contribution in [0.4, 0.5) is 4.79 Å². The first-order valence-electron chi connectivity index (χ1n) is 16.1. The molecule has 0 radical (unpaired) electrons. The summed E-state index contributed by atoms with van der Waals surface area (Å²) in [5, 5.41) is 12.4. The summed E-state index contributed by atoms with van der Waals surface area (Å²) in [5.74, 6) is 0.125. The van der Waals surface area contributed by atoms with Gasteiger partial charge < -0.3 is 24.6 Å². The minimum atomic E-state index is -0.519. The van der Waals surface area contributed by atoms with E-state index in [0.717, 1.165) is 46.5 Å². The number of rotatable bonds is 13. The monoisotopic (exact) mass is 610 g/mol. The molecule has 2 aliphatic rings. The van der Waals surface area contributed by atoms with Gasteiger partial charge in [-0.3, -0.25) is 4.90 Å². The molecule has 7 heteroatoms. The van der Waals surface area contributed by atoms with Crippen LogP contribution in [-0.4, -0.2) is 47.9 Å². The maximum atomic E-state index is 11.8. The largest absolute Gasteiger partial charge is 0.445 e. The number of nitrogens with zero attached hydrogens (tertiary/aromatic N) is 1. The molecule has 0 aromatic heterocycles. The Morgan fingerprint density at radius 3 is 2.38 bits per heavy atom. The molecule has 3 aromatic rings. The minimum Gasteiger partial charge on any atom is -0.445 e. The molecule has 1 heterocycles. The lowest BCUT2D eigenvalue weighted by Gasteiger charge is -2.43. The number of alkyl carbamates (subject to hydrolysis) is 1. The van der Waals surface area contributed by atoms with Gasteiger partial charge in [0.05, 0.1) is 18.8 Å². The van der Waals surface area contributed by atoms with Gasteiger partial charge in [-0.2, -0.15) is 0 Å². The standard InChI is InChI=1S/C38H46N2O5/c1-4-21-40(34-11-6-7-12-34)25-35-27(3)36(31-15-13-28(26-41)14-16-31)45-37(44-35)32-19-17-30(18-20-32)33-10-8-9-29(23-33)24-39-38(42)43-22-5-2/h4-5,8-10,13-20,23,27,34-37,41H,1-2,6-7,11-12,21-22,24-26H2,3H3,(H,39,42)/t27-,35+,36+,37+/m1/s1. The van der Waals surface area contributed by atoms with Crippen molar-refractivity contribution in [3.05, 3.63) is 120 Å². The van der Waals surface area contributed by atoms with Crippen LogP contribution in [0.25, 0.3) is 11.1 Å². The van der Waals surface area contributed by atoms with Gasteiger partial charge in [-0.15, -0.1) is 6.58 Å². The van der Waals surface area contributed by atoms with E-state index < -0.39 is 12.4 Å². The number of amides is 1. The fraction of sp³-hybridized carbons (Fsp3) is 0.395. The van der Waals surface area contributed by atoms with E-state index in [9.17, 15) is 9.90 Å². The average Bonchev–Trinajstić information content (AvgIpc) is 3.62. The zero-order valence-electron chi connectivity index (χ0n) is 26.3. The Hall–Kier alpha value is -3.75. The van der Waals surface area contributed by atoms with Crippen molar-refractivity contribution in [3.63, 3.8) is 0 Å². The number of hydrogen-bond donors (Lipinski definition) is 2. The number of carbonyl (C=O) groups is 1. The SMILES string of the molecule is C=CCOC(=O)NCc1cccc(-c2ccc([C@H]3O[C@@H](CN(CC=C)C4CCCC4)[C@@H](C)[C@@H](c4ccc(CO)cc4)O3)cc2)c1. The lowest BCUT2D eigenvalue weighted by molar-refractivity contribution is -0.276. The molecular formula is C38H46N2O5. The van der Waals surface area contributed by atoms with Crippen LogP contribution < -0.4 is 5.32 Å². The van der Waals surface area contributed by atoms with Gasteiger partial charge in [0.15, 0.2) is 6.29 Å². The van der Waals surface area contributed by atoms with Crippen molar-refractivity contribution in [2.24, 2.45) is 5.92 Å². The Labute approximate surface area is 267 Å². The molecule has 1 aliphatic carbocycles. The molecule has 0 bridgehead atoms. The maximum Gasteiger partial charge on any atom is 0.407 e. The molecular weight excluding hydrogens is 564 g/mol. The zero-order valence-corrected chi connectivity index (χ0v) is 26.3. The molecule has 1 saturated heterocycles. The van der Waals surface area contributed by atoms with Gasteiger partial charge in [-0.1, -0.05) is 105 Å². The van der Waals surface area contributed by atoms with Crippen LogP contribution in [-0.2, 0) is 27.4 Å². The van der Waals surface area contributed by atoms with Gasteiger partial charge in [0, 0.05) is 37.2 Å². The third kappa shape index (κ3) is 8.50. The molecule has 238 valence electrons. The summed E-state index contributed by atoms with van der Waals surface area (Å²) in [6.45, 7) is 12.0. The predicted molar refractivity (Wildman–Crippen MR) is 177 cm³/mol. The van der Waals surface area contributed by atoms with E-state index in [-0.39, 0.29) is 31.3 Å². The van der Waals surface area contributed by atoms with Crippen molar-refractivity contribution in [2.75, 3.05) is 19.7 Å². The van der Waals surface area contributed by atoms with E-state index in [2.05, 4.69) is 78.8 Å². The van der Waals surface area contributed by atoms with Crippen molar-refractivity contribution in [1.29, 1.82) is 0 Å². The molecule has 4 atom stereocenters.